The maximum atomic E-state index is 13.0. The summed E-state index contributed by atoms with van der Waals surface area (Å²) in [6, 6.07) is 15.2. The van der Waals surface area contributed by atoms with Gasteiger partial charge in [-0.3, -0.25) is 4.79 Å². The maximum absolute atomic E-state index is 13.0. The third kappa shape index (κ3) is 4.73. The number of esters is 1. The van der Waals surface area contributed by atoms with E-state index in [2.05, 4.69) is 15.1 Å². The lowest BCUT2D eigenvalue weighted by atomic mass is 10.2. The van der Waals surface area contributed by atoms with Crippen molar-refractivity contribution < 1.29 is 22.9 Å². The second-order valence-corrected chi connectivity index (χ2v) is 6.19. The number of hydrogen-bond acceptors (Lipinski definition) is 7. The fourth-order valence-electron chi connectivity index (χ4n) is 2.59. The lowest BCUT2D eigenvalue weighted by Crippen LogP contribution is -2.06. The van der Waals surface area contributed by atoms with Crippen LogP contribution >= 0.6 is 0 Å². The van der Waals surface area contributed by atoms with Gasteiger partial charge in [0, 0.05) is 17.5 Å². The van der Waals surface area contributed by atoms with Crippen molar-refractivity contribution in [1.82, 2.24) is 15.1 Å². The van der Waals surface area contributed by atoms with Crippen LogP contribution in [0.2, 0.25) is 0 Å². The van der Waals surface area contributed by atoms with Crippen LogP contribution in [0.5, 0.6) is 0 Å². The fourth-order valence-corrected chi connectivity index (χ4v) is 2.59. The van der Waals surface area contributed by atoms with E-state index >= 15 is 0 Å². The van der Waals surface area contributed by atoms with E-state index in [1.54, 1.807) is 12.1 Å². The van der Waals surface area contributed by atoms with E-state index in [0.29, 0.717) is 28.9 Å². The van der Waals surface area contributed by atoms with Gasteiger partial charge in [0.25, 0.3) is 0 Å². The zero-order valence-electron chi connectivity index (χ0n) is 15.2. The minimum absolute atomic E-state index is 0.0137. The Morgan fingerprint density at radius 1 is 1.00 bits per heavy atom. The quantitative estimate of drug-likeness (QED) is 0.434. The van der Waals surface area contributed by atoms with Crippen LogP contribution in [0.15, 0.2) is 69.8 Å². The van der Waals surface area contributed by atoms with E-state index in [0.717, 1.165) is 5.56 Å². The van der Waals surface area contributed by atoms with Gasteiger partial charge in [0.1, 0.15) is 24.4 Å². The molecular weight excluding hydrogens is 377 g/mol. The van der Waals surface area contributed by atoms with Crippen molar-refractivity contribution in [3.05, 3.63) is 78.3 Å². The molecule has 0 spiro atoms. The van der Waals surface area contributed by atoms with Gasteiger partial charge in [0.05, 0.1) is 6.42 Å². The minimum atomic E-state index is -0.421. The Balaban J connectivity index is 1.27. The Bertz CT molecular complexity index is 1090. The highest BCUT2D eigenvalue weighted by Gasteiger charge is 2.13. The van der Waals surface area contributed by atoms with Crippen LogP contribution in [0.3, 0.4) is 0 Å². The summed E-state index contributed by atoms with van der Waals surface area (Å²) >= 11 is 0. The summed E-state index contributed by atoms with van der Waals surface area (Å²) in [4.78, 5) is 20.5. The summed E-state index contributed by atoms with van der Waals surface area (Å²) in [5.41, 5.74) is 2.00. The molecule has 146 valence electrons. The summed E-state index contributed by atoms with van der Waals surface area (Å²) in [5.74, 6) is 0.341. The van der Waals surface area contributed by atoms with Gasteiger partial charge < -0.3 is 13.7 Å². The van der Waals surface area contributed by atoms with Gasteiger partial charge >= 0.3 is 5.97 Å². The van der Waals surface area contributed by atoms with E-state index in [1.165, 1.54) is 18.4 Å². The third-order valence-corrected chi connectivity index (χ3v) is 4.07. The SMILES string of the molecule is O=C(CCc1nc(-c2ccc(F)cc2)no1)OCc1coc(-c2ccccc2)n1. The molecule has 0 amide bonds. The third-order valence-electron chi connectivity index (χ3n) is 4.07. The number of hydrogen-bond donors (Lipinski definition) is 0. The van der Waals surface area contributed by atoms with Gasteiger partial charge in [0.2, 0.25) is 17.6 Å². The lowest BCUT2D eigenvalue weighted by molar-refractivity contribution is -0.145. The van der Waals surface area contributed by atoms with Crippen LogP contribution in [0.4, 0.5) is 4.39 Å². The molecular formula is C21H16FN3O4. The number of benzene rings is 2. The number of aromatic nitrogens is 3. The molecule has 0 aliphatic carbocycles. The van der Waals surface area contributed by atoms with E-state index < -0.39 is 5.97 Å². The van der Waals surface area contributed by atoms with E-state index in [1.807, 2.05) is 30.3 Å². The highest BCUT2D eigenvalue weighted by Crippen LogP contribution is 2.19. The predicted molar refractivity (Wildman–Crippen MR) is 99.7 cm³/mol. The van der Waals surface area contributed by atoms with Crippen LogP contribution in [0.25, 0.3) is 22.8 Å². The van der Waals surface area contributed by atoms with Gasteiger partial charge in [-0.25, -0.2) is 9.37 Å². The fraction of sp³-hybridized carbons (Fsp3) is 0.143. The number of rotatable bonds is 7. The second kappa shape index (κ2) is 8.47. The van der Waals surface area contributed by atoms with Crippen LogP contribution in [0, 0.1) is 5.82 Å². The molecule has 0 bridgehead atoms. The molecule has 2 aromatic carbocycles. The van der Waals surface area contributed by atoms with Gasteiger partial charge in [-0.2, -0.15) is 4.98 Å². The first-order valence-corrected chi connectivity index (χ1v) is 8.91. The Hall–Kier alpha value is -3.81. The number of ether oxygens (including phenoxy) is 1. The first kappa shape index (κ1) is 18.5. The minimum Gasteiger partial charge on any atom is -0.459 e. The largest absolute Gasteiger partial charge is 0.459 e. The Morgan fingerprint density at radius 2 is 1.79 bits per heavy atom. The van der Waals surface area contributed by atoms with Crippen molar-refractivity contribution in [3.63, 3.8) is 0 Å². The number of halogens is 1. The predicted octanol–water partition coefficient (Wildman–Crippen LogP) is 4.21. The molecule has 7 nitrogen and oxygen atoms in total. The summed E-state index contributed by atoms with van der Waals surface area (Å²) in [6.07, 6.45) is 1.78. The number of oxazole rings is 1. The van der Waals surface area contributed by atoms with Crippen LogP contribution in [0.1, 0.15) is 18.0 Å². The van der Waals surface area contributed by atoms with Gasteiger partial charge in [-0.05, 0) is 36.4 Å². The normalized spacial score (nSPS) is 10.8. The molecule has 2 heterocycles. The first-order valence-electron chi connectivity index (χ1n) is 8.91. The Morgan fingerprint density at radius 3 is 2.59 bits per heavy atom. The molecule has 0 aliphatic rings. The van der Waals surface area contributed by atoms with Gasteiger partial charge in [-0.15, -0.1) is 0 Å². The molecule has 0 N–H and O–H groups in total. The molecule has 4 rings (SSSR count). The molecule has 8 heteroatoms. The summed E-state index contributed by atoms with van der Waals surface area (Å²) in [5, 5.41) is 3.84. The Labute approximate surface area is 165 Å². The lowest BCUT2D eigenvalue weighted by Gasteiger charge is -2.00. The first-order chi connectivity index (χ1) is 14.2. The van der Waals surface area contributed by atoms with E-state index in [-0.39, 0.29) is 25.3 Å². The topological polar surface area (TPSA) is 91.2 Å². The van der Waals surface area contributed by atoms with E-state index in [9.17, 15) is 9.18 Å². The molecule has 29 heavy (non-hydrogen) atoms. The van der Waals surface area contributed by atoms with Crippen LogP contribution in [-0.2, 0) is 22.6 Å². The van der Waals surface area contributed by atoms with Crippen molar-refractivity contribution >= 4 is 5.97 Å². The molecule has 0 atom stereocenters. The second-order valence-electron chi connectivity index (χ2n) is 6.19. The summed E-state index contributed by atoms with van der Waals surface area (Å²) in [6.45, 7) is 0.0137. The number of carbonyl (C=O) groups excluding carboxylic acids is 1. The van der Waals surface area contributed by atoms with Crippen molar-refractivity contribution in [1.29, 1.82) is 0 Å². The van der Waals surface area contributed by atoms with Crippen molar-refractivity contribution in [2.75, 3.05) is 0 Å². The van der Waals surface area contributed by atoms with E-state index in [4.69, 9.17) is 13.7 Å². The molecule has 0 saturated heterocycles. The average molecular weight is 393 g/mol. The zero-order chi connectivity index (χ0) is 20.1. The van der Waals surface area contributed by atoms with Gasteiger partial charge in [-0.1, -0.05) is 23.4 Å². The standard InChI is InChI=1S/C21H16FN3O4/c22-16-8-6-14(7-9-16)20-24-18(29-25-20)10-11-19(26)27-12-17-13-28-21(23-17)15-4-2-1-3-5-15/h1-9,13H,10-12H2. The van der Waals surface area contributed by atoms with Crippen LogP contribution < -0.4 is 0 Å². The number of aryl methyl sites for hydroxylation is 1. The Kier molecular flexibility index (Phi) is 5.42. The molecule has 0 aliphatic heterocycles. The molecule has 4 aromatic rings. The van der Waals surface area contributed by atoms with Crippen molar-refractivity contribution in [3.8, 4) is 22.8 Å². The maximum Gasteiger partial charge on any atom is 0.306 e. The van der Waals surface area contributed by atoms with Crippen LogP contribution in [-0.4, -0.2) is 21.1 Å². The zero-order valence-corrected chi connectivity index (χ0v) is 15.2. The van der Waals surface area contributed by atoms with Crippen molar-refractivity contribution in [2.24, 2.45) is 0 Å². The molecule has 0 fully saturated rings. The summed E-state index contributed by atoms with van der Waals surface area (Å²) < 4.78 is 28.7. The highest BCUT2D eigenvalue weighted by molar-refractivity contribution is 5.69. The molecule has 0 radical (unpaired) electrons. The smallest absolute Gasteiger partial charge is 0.306 e. The highest BCUT2D eigenvalue weighted by atomic mass is 19.1. The molecule has 0 saturated carbocycles. The number of nitrogens with zero attached hydrogens (tertiary/aromatic N) is 3. The van der Waals surface area contributed by atoms with Crippen molar-refractivity contribution in [2.45, 2.75) is 19.4 Å². The monoisotopic (exact) mass is 393 g/mol. The average Bonchev–Trinajstić information content (AvgIpc) is 3.42. The molecule has 2 aromatic heterocycles. The molecule has 0 unspecified atom stereocenters. The summed E-state index contributed by atoms with van der Waals surface area (Å²) in [7, 11) is 0. The number of carbonyl (C=O) groups is 1. The van der Waals surface area contributed by atoms with Gasteiger partial charge in [0.15, 0.2) is 0 Å².